The fraction of sp³-hybridized carbons (Fsp3) is 0.476. The Labute approximate surface area is 201 Å². The van der Waals surface area contributed by atoms with Gasteiger partial charge in [-0.05, 0) is 50.8 Å². The zero-order chi connectivity index (χ0) is 27.7. The monoisotopic (exact) mass is 530 g/mol. The Hall–Kier alpha value is -3.20. The van der Waals surface area contributed by atoms with Crippen LogP contribution in [-0.4, -0.2) is 81.3 Å². The summed E-state index contributed by atoms with van der Waals surface area (Å²) in [7, 11) is 4.20. The van der Waals surface area contributed by atoms with E-state index in [0.717, 1.165) is 38.2 Å². The molecule has 0 bridgehead atoms. The molecular weight excluding hydrogens is 505 g/mol. The van der Waals surface area contributed by atoms with Crippen LogP contribution in [0, 0.1) is 5.82 Å². The van der Waals surface area contributed by atoms with E-state index in [1.165, 1.54) is 17.8 Å². The van der Waals surface area contributed by atoms with Gasteiger partial charge in [-0.25, -0.2) is 14.0 Å². The third kappa shape index (κ3) is 11.0. The van der Waals surface area contributed by atoms with Crippen LogP contribution in [0.3, 0.4) is 0 Å². The van der Waals surface area contributed by atoms with Crippen molar-refractivity contribution in [1.82, 2.24) is 19.6 Å². The van der Waals surface area contributed by atoms with Gasteiger partial charge >= 0.3 is 24.3 Å². The number of nitrogens with zero attached hydrogens (tertiary/aromatic N) is 4. The summed E-state index contributed by atoms with van der Waals surface area (Å²) >= 11 is 0. The van der Waals surface area contributed by atoms with Gasteiger partial charge in [0.25, 0.3) is 0 Å². The standard InChI is InChI=1S/C17H23FN4.2C2HF3O2/c1-20(2)10-8-17-13-21(12-16-7-9-19-22(16)17)11-14-3-5-15(18)6-4-14;2*3-2(4,5)1(6)7/h3-7,9,17H,8,10-13H2,1-2H3;2*(H,6,7). The maximum Gasteiger partial charge on any atom is 0.490 e. The minimum atomic E-state index is -5.08. The minimum absolute atomic E-state index is 0.177. The van der Waals surface area contributed by atoms with Crippen molar-refractivity contribution in [3.63, 3.8) is 0 Å². The summed E-state index contributed by atoms with van der Waals surface area (Å²) in [5.41, 5.74) is 2.41. The first-order chi connectivity index (χ1) is 16.5. The molecule has 1 aliphatic heterocycles. The third-order valence-corrected chi connectivity index (χ3v) is 4.67. The van der Waals surface area contributed by atoms with E-state index in [-0.39, 0.29) is 5.82 Å². The average molecular weight is 530 g/mol. The molecule has 0 saturated heterocycles. The quantitative estimate of drug-likeness (QED) is 0.568. The highest BCUT2D eigenvalue weighted by atomic mass is 19.4. The van der Waals surface area contributed by atoms with Crippen LogP contribution in [-0.2, 0) is 22.7 Å². The molecule has 36 heavy (non-hydrogen) atoms. The number of carbonyl (C=O) groups is 2. The number of halogens is 7. The van der Waals surface area contributed by atoms with E-state index >= 15 is 0 Å². The number of carboxylic acid groups (broad SMARTS) is 2. The highest BCUT2D eigenvalue weighted by molar-refractivity contribution is 5.73. The Morgan fingerprint density at radius 1 is 1.00 bits per heavy atom. The molecule has 0 spiro atoms. The SMILES string of the molecule is CN(C)CCC1CN(Cc2ccc(F)cc2)Cc2ccnn21.O=C(O)C(F)(F)F.O=C(O)C(F)(F)F. The fourth-order valence-electron chi connectivity index (χ4n) is 3.05. The van der Waals surface area contributed by atoms with Crippen LogP contribution in [0.1, 0.15) is 23.7 Å². The van der Waals surface area contributed by atoms with E-state index in [9.17, 15) is 30.7 Å². The number of aliphatic carboxylic acids is 2. The Kier molecular flexibility index (Phi) is 11.3. The Morgan fingerprint density at radius 2 is 1.50 bits per heavy atom. The zero-order valence-corrected chi connectivity index (χ0v) is 19.2. The number of rotatable bonds is 5. The lowest BCUT2D eigenvalue weighted by Crippen LogP contribution is -2.38. The van der Waals surface area contributed by atoms with Crippen molar-refractivity contribution in [2.75, 3.05) is 27.2 Å². The maximum atomic E-state index is 13.0. The number of fused-ring (bicyclic) bond motifs is 1. The van der Waals surface area contributed by atoms with Crippen molar-refractivity contribution in [1.29, 1.82) is 0 Å². The van der Waals surface area contributed by atoms with Crippen molar-refractivity contribution in [3.8, 4) is 0 Å². The average Bonchev–Trinajstić information content (AvgIpc) is 3.22. The number of hydrogen-bond acceptors (Lipinski definition) is 5. The van der Waals surface area contributed by atoms with Gasteiger partial charge in [0.05, 0.1) is 11.7 Å². The van der Waals surface area contributed by atoms with Crippen LogP contribution in [0.5, 0.6) is 0 Å². The van der Waals surface area contributed by atoms with E-state index < -0.39 is 24.3 Å². The van der Waals surface area contributed by atoms with Crippen LogP contribution in [0.25, 0.3) is 0 Å². The smallest absolute Gasteiger partial charge is 0.475 e. The first kappa shape index (κ1) is 30.8. The van der Waals surface area contributed by atoms with Crippen LogP contribution < -0.4 is 0 Å². The number of benzene rings is 1. The molecule has 202 valence electrons. The van der Waals surface area contributed by atoms with Gasteiger partial charge in [0.15, 0.2) is 0 Å². The number of hydrogen-bond donors (Lipinski definition) is 2. The molecule has 1 unspecified atom stereocenters. The van der Waals surface area contributed by atoms with Crippen molar-refractivity contribution >= 4 is 11.9 Å². The second kappa shape index (κ2) is 13.2. The van der Waals surface area contributed by atoms with Crippen LogP contribution in [0.15, 0.2) is 36.5 Å². The lowest BCUT2D eigenvalue weighted by Gasteiger charge is -2.34. The summed E-state index contributed by atoms with van der Waals surface area (Å²) < 4.78 is 78.7. The molecule has 0 aliphatic carbocycles. The van der Waals surface area contributed by atoms with Crippen LogP contribution in [0.2, 0.25) is 0 Å². The molecule has 1 aromatic heterocycles. The molecule has 1 atom stereocenters. The predicted octanol–water partition coefficient (Wildman–Crippen LogP) is 3.80. The second-order valence-electron chi connectivity index (χ2n) is 7.91. The van der Waals surface area contributed by atoms with Crippen molar-refractivity contribution < 1.29 is 50.5 Å². The van der Waals surface area contributed by atoms with E-state index in [2.05, 4.69) is 39.7 Å². The lowest BCUT2D eigenvalue weighted by atomic mass is 10.1. The topological polar surface area (TPSA) is 98.9 Å². The zero-order valence-electron chi connectivity index (χ0n) is 19.2. The van der Waals surface area contributed by atoms with Gasteiger partial charge in [-0.3, -0.25) is 9.58 Å². The van der Waals surface area contributed by atoms with Gasteiger partial charge in [-0.1, -0.05) is 12.1 Å². The molecule has 0 fully saturated rings. The third-order valence-electron chi connectivity index (χ3n) is 4.67. The number of aromatic nitrogens is 2. The van der Waals surface area contributed by atoms with Gasteiger partial charge in [0, 0.05) is 25.8 Å². The van der Waals surface area contributed by atoms with E-state index in [1.807, 2.05) is 18.3 Å². The summed E-state index contributed by atoms with van der Waals surface area (Å²) in [6.07, 6.45) is -7.19. The van der Waals surface area contributed by atoms with Gasteiger partial charge < -0.3 is 15.1 Å². The second-order valence-corrected chi connectivity index (χ2v) is 7.91. The predicted molar refractivity (Wildman–Crippen MR) is 112 cm³/mol. The first-order valence-corrected chi connectivity index (χ1v) is 10.2. The normalized spacial score (nSPS) is 15.8. The summed E-state index contributed by atoms with van der Waals surface area (Å²) in [5.74, 6) is -5.69. The van der Waals surface area contributed by atoms with Crippen molar-refractivity contribution in [3.05, 3.63) is 53.6 Å². The molecule has 1 aromatic carbocycles. The first-order valence-electron chi connectivity index (χ1n) is 10.2. The lowest BCUT2D eigenvalue weighted by molar-refractivity contribution is -0.193. The van der Waals surface area contributed by atoms with E-state index in [0.29, 0.717) is 6.04 Å². The molecule has 2 aromatic rings. The molecule has 2 heterocycles. The van der Waals surface area contributed by atoms with E-state index in [1.54, 1.807) is 0 Å². The van der Waals surface area contributed by atoms with Crippen molar-refractivity contribution in [2.45, 2.75) is 37.9 Å². The molecule has 0 radical (unpaired) electrons. The summed E-state index contributed by atoms with van der Waals surface area (Å²) in [6.45, 7) is 3.79. The highest BCUT2D eigenvalue weighted by Crippen LogP contribution is 2.24. The summed E-state index contributed by atoms with van der Waals surface area (Å²) in [5, 5.41) is 18.7. The van der Waals surface area contributed by atoms with E-state index in [4.69, 9.17) is 19.8 Å². The Bertz CT molecular complexity index is 952. The molecule has 0 amide bonds. The van der Waals surface area contributed by atoms with Gasteiger partial charge in [-0.15, -0.1) is 0 Å². The fourth-order valence-corrected chi connectivity index (χ4v) is 3.05. The Balaban J connectivity index is 0.000000383. The molecule has 0 saturated carbocycles. The van der Waals surface area contributed by atoms with Crippen LogP contribution >= 0.6 is 0 Å². The van der Waals surface area contributed by atoms with Crippen LogP contribution in [0.4, 0.5) is 30.7 Å². The minimum Gasteiger partial charge on any atom is -0.475 e. The maximum absolute atomic E-state index is 13.0. The molecule has 15 heteroatoms. The summed E-state index contributed by atoms with van der Waals surface area (Å²) in [4.78, 5) is 22.4. The van der Waals surface area contributed by atoms with Gasteiger partial charge in [0.2, 0.25) is 0 Å². The molecule has 8 nitrogen and oxygen atoms in total. The van der Waals surface area contributed by atoms with Crippen molar-refractivity contribution in [2.24, 2.45) is 0 Å². The molecule has 2 N–H and O–H groups in total. The van der Waals surface area contributed by atoms with Gasteiger partial charge in [0.1, 0.15) is 5.82 Å². The largest absolute Gasteiger partial charge is 0.490 e. The number of alkyl halides is 6. The molecular formula is C21H25F7N4O4. The number of carboxylic acids is 2. The summed E-state index contributed by atoms with van der Waals surface area (Å²) in [6, 6.07) is 9.31. The van der Waals surface area contributed by atoms with Gasteiger partial charge in [-0.2, -0.15) is 31.4 Å². The Morgan fingerprint density at radius 3 is 1.94 bits per heavy atom. The molecule has 3 rings (SSSR count). The highest BCUT2D eigenvalue weighted by Gasteiger charge is 2.38. The molecule has 1 aliphatic rings.